The van der Waals surface area contributed by atoms with Gasteiger partial charge in [0.15, 0.2) is 6.10 Å². The molecule has 1 atom stereocenters. The first-order chi connectivity index (χ1) is 13.6. The lowest BCUT2D eigenvalue weighted by Gasteiger charge is -2.30. The van der Waals surface area contributed by atoms with Crippen molar-refractivity contribution in [2.45, 2.75) is 38.0 Å². The van der Waals surface area contributed by atoms with Gasteiger partial charge in [0.2, 0.25) is 0 Å². The Morgan fingerprint density at radius 1 is 1.14 bits per heavy atom. The van der Waals surface area contributed by atoms with Crippen LogP contribution in [0.15, 0.2) is 42.5 Å². The minimum Gasteiger partial charge on any atom is -0.497 e. The van der Waals surface area contributed by atoms with E-state index in [2.05, 4.69) is 0 Å². The second-order valence-electron chi connectivity index (χ2n) is 7.13. The van der Waals surface area contributed by atoms with Gasteiger partial charge in [-0.05, 0) is 42.7 Å². The van der Waals surface area contributed by atoms with Gasteiger partial charge in [-0.2, -0.15) is 0 Å². The summed E-state index contributed by atoms with van der Waals surface area (Å²) < 4.78 is 16.3. The molecule has 1 amide bonds. The number of nitrogens with zero attached hydrogens (tertiary/aromatic N) is 1. The molecule has 0 saturated heterocycles. The lowest BCUT2D eigenvalue weighted by molar-refractivity contribution is -0.142. The van der Waals surface area contributed by atoms with Crippen LogP contribution in [0.2, 0.25) is 0 Å². The molecule has 2 aromatic carbocycles. The maximum absolute atomic E-state index is 13.3. The third-order valence-electron chi connectivity index (χ3n) is 5.27. The van der Waals surface area contributed by atoms with Crippen molar-refractivity contribution in [2.24, 2.45) is 0 Å². The van der Waals surface area contributed by atoms with Gasteiger partial charge in [0.05, 0.1) is 19.8 Å². The fraction of sp³-hybridized carbons (Fsp3) is 0.364. The van der Waals surface area contributed by atoms with Gasteiger partial charge in [0.1, 0.15) is 11.5 Å². The quantitative estimate of drug-likeness (QED) is 0.720. The number of carbonyl (C=O) groups is 2. The fourth-order valence-electron chi connectivity index (χ4n) is 3.62. The molecule has 6 nitrogen and oxygen atoms in total. The number of rotatable bonds is 6. The van der Waals surface area contributed by atoms with Crippen LogP contribution < -0.4 is 9.47 Å². The van der Waals surface area contributed by atoms with Gasteiger partial charge in [-0.3, -0.25) is 4.79 Å². The van der Waals surface area contributed by atoms with Crippen LogP contribution in [0, 0.1) is 0 Å². The van der Waals surface area contributed by atoms with Crippen LogP contribution in [-0.2, 0) is 22.5 Å². The van der Waals surface area contributed by atoms with Crippen LogP contribution >= 0.6 is 0 Å². The van der Waals surface area contributed by atoms with E-state index in [1.807, 2.05) is 35.2 Å². The van der Waals surface area contributed by atoms with E-state index in [0.29, 0.717) is 30.0 Å². The van der Waals surface area contributed by atoms with Crippen LogP contribution in [0.25, 0.3) is 0 Å². The topological polar surface area (TPSA) is 65.1 Å². The van der Waals surface area contributed by atoms with E-state index in [1.54, 1.807) is 26.4 Å². The molecule has 146 valence electrons. The summed E-state index contributed by atoms with van der Waals surface area (Å²) in [6, 6.07) is 13.0. The average Bonchev–Trinajstić information content (AvgIpc) is 3.56. The highest BCUT2D eigenvalue weighted by Gasteiger charge is 2.40. The van der Waals surface area contributed by atoms with Crippen LogP contribution in [0.4, 0.5) is 0 Å². The third-order valence-corrected chi connectivity index (χ3v) is 5.27. The zero-order valence-corrected chi connectivity index (χ0v) is 16.0. The number of ether oxygens (including phenoxy) is 3. The SMILES string of the molecule is COc1ccc(OC)c(CN(C(=O)C2Cc3ccccc3C(=O)O2)C2CC2)c1. The van der Waals surface area contributed by atoms with E-state index in [0.717, 1.165) is 24.0 Å². The number of carbonyl (C=O) groups excluding carboxylic acids is 2. The number of hydrogen-bond acceptors (Lipinski definition) is 5. The van der Waals surface area contributed by atoms with Crippen molar-refractivity contribution in [3.05, 3.63) is 59.2 Å². The number of esters is 1. The molecule has 0 N–H and O–H groups in total. The van der Waals surface area contributed by atoms with E-state index in [1.165, 1.54) is 0 Å². The predicted molar refractivity (Wildman–Crippen MR) is 102 cm³/mol. The van der Waals surface area contributed by atoms with Gasteiger partial charge in [-0.25, -0.2) is 4.79 Å². The van der Waals surface area contributed by atoms with Crippen molar-refractivity contribution in [1.29, 1.82) is 0 Å². The predicted octanol–water partition coefficient (Wildman–Crippen LogP) is 2.98. The van der Waals surface area contributed by atoms with Crippen molar-refractivity contribution in [3.8, 4) is 11.5 Å². The summed E-state index contributed by atoms with van der Waals surface area (Å²) in [5.41, 5.74) is 2.26. The second-order valence-corrected chi connectivity index (χ2v) is 7.13. The Hall–Kier alpha value is -3.02. The molecule has 0 aromatic heterocycles. The molecule has 1 aliphatic carbocycles. The van der Waals surface area contributed by atoms with Crippen LogP contribution in [0.5, 0.6) is 11.5 Å². The molecule has 4 rings (SSSR count). The maximum atomic E-state index is 13.3. The minimum atomic E-state index is -0.792. The van der Waals surface area contributed by atoms with Gasteiger partial charge in [-0.15, -0.1) is 0 Å². The van der Waals surface area contributed by atoms with Crippen molar-refractivity contribution in [1.82, 2.24) is 4.90 Å². The Morgan fingerprint density at radius 2 is 1.93 bits per heavy atom. The lowest BCUT2D eigenvalue weighted by atomic mass is 9.98. The highest BCUT2D eigenvalue weighted by atomic mass is 16.5. The number of benzene rings is 2. The Labute approximate surface area is 164 Å². The van der Waals surface area contributed by atoms with E-state index in [4.69, 9.17) is 14.2 Å². The largest absolute Gasteiger partial charge is 0.497 e. The fourth-order valence-corrected chi connectivity index (χ4v) is 3.62. The van der Waals surface area contributed by atoms with Crippen molar-refractivity contribution in [3.63, 3.8) is 0 Å². The first kappa shape index (κ1) is 18.3. The highest BCUT2D eigenvalue weighted by Crippen LogP contribution is 2.33. The molecule has 0 radical (unpaired) electrons. The van der Waals surface area contributed by atoms with Gasteiger partial charge < -0.3 is 19.1 Å². The molecule has 1 heterocycles. The number of fused-ring (bicyclic) bond motifs is 1. The molecule has 1 saturated carbocycles. The standard InChI is InChI=1S/C22H23NO5/c1-26-17-9-10-19(27-2)15(11-17)13-23(16-7-8-16)21(24)20-12-14-5-3-4-6-18(14)22(25)28-20/h3-6,9-11,16,20H,7-8,12-13H2,1-2H3. The molecular formula is C22H23NO5. The van der Waals surface area contributed by atoms with E-state index < -0.39 is 12.1 Å². The van der Waals surface area contributed by atoms with Crippen LogP contribution in [-0.4, -0.2) is 43.1 Å². The lowest BCUT2D eigenvalue weighted by Crippen LogP contribution is -2.45. The molecule has 2 aromatic rings. The highest BCUT2D eigenvalue weighted by molar-refractivity contribution is 5.95. The normalized spacial score (nSPS) is 18.1. The maximum Gasteiger partial charge on any atom is 0.339 e. The molecule has 1 fully saturated rings. The van der Waals surface area contributed by atoms with Crippen LogP contribution in [0.1, 0.15) is 34.3 Å². The Kier molecular flexibility index (Phi) is 4.94. The summed E-state index contributed by atoms with van der Waals surface area (Å²) in [6.07, 6.45) is 1.52. The number of methoxy groups -OCH3 is 2. The molecule has 6 heteroatoms. The summed E-state index contributed by atoms with van der Waals surface area (Å²) >= 11 is 0. The molecule has 0 bridgehead atoms. The third kappa shape index (κ3) is 3.54. The first-order valence-corrected chi connectivity index (χ1v) is 9.41. The van der Waals surface area contributed by atoms with Gasteiger partial charge in [0.25, 0.3) is 5.91 Å². The van der Waals surface area contributed by atoms with Crippen LogP contribution in [0.3, 0.4) is 0 Å². The molecule has 28 heavy (non-hydrogen) atoms. The summed E-state index contributed by atoms with van der Waals surface area (Å²) in [5, 5.41) is 0. The van der Waals surface area contributed by atoms with Gasteiger partial charge in [-0.1, -0.05) is 18.2 Å². The molecule has 2 aliphatic rings. The number of amides is 1. The Balaban J connectivity index is 1.58. The van der Waals surface area contributed by atoms with Gasteiger partial charge >= 0.3 is 5.97 Å². The smallest absolute Gasteiger partial charge is 0.339 e. The summed E-state index contributed by atoms with van der Waals surface area (Å²) in [7, 11) is 3.21. The van der Waals surface area contributed by atoms with Gasteiger partial charge in [0, 0.05) is 24.6 Å². The average molecular weight is 381 g/mol. The van der Waals surface area contributed by atoms with E-state index in [9.17, 15) is 9.59 Å². The van der Waals surface area contributed by atoms with E-state index in [-0.39, 0.29) is 11.9 Å². The molecular weight excluding hydrogens is 358 g/mol. The van der Waals surface area contributed by atoms with E-state index >= 15 is 0 Å². The number of hydrogen-bond donors (Lipinski definition) is 0. The monoisotopic (exact) mass is 381 g/mol. The Bertz CT molecular complexity index is 906. The minimum absolute atomic E-state index is 0.157. The zero-order chi connectivity index (χ0) is 19.7. The number of cyclic esters (lactones) is 1. The second kappa shape index (κ2) is 7.54. The Morgan fingerprint density at radius 3 is 2.64 bits per heavy atom. The summed E-state index contributed by atoms with van der Waals surface area (Å²) in [4.78, 5) is 27.4. The first-order valence-electron chi connectivity index (χ1n) is 9.41. The zero-order valence-electron chi connectivity index (χ0n) is 16.0. The molecule has 1 aliphatic heterocycles. The van der Waals surface area contributed by atoms with Crippen molar-refractivity contribution in [2.75, 3.05) is 14.2 Å². The molecule has 1 unspecified atom stereocenters. The van der Waals surface area contributed by atoms with Crippen molar-refractivity contribution >= 4 is 11.9 Å². The van der Waals surface area contributed by atoms with Crippen molar-refractivity contribution < 1.29 is 23.8 Å². The molecule has 0 spiro atoms. The summed E-state index contributed by atoms with van der Waals surface area (Å²) in [6.45, 7) is 0.388. The summed E-state index contributed by atoms with van der Waals surface area (Å²) in [5.74, 6) is 0.812.